The molecule has 4 rings (SSSR count). The molecule has 1 fully saturated rings. The number of nitrogens with one attached hydrogen (secondary N) is 2. The van der Waals surface area contributed by atoms with Crippen LogP contribution in [-0.2, 0) is 4.79 Å². The predicted molar refractivity (Wildman–Crippen MR) is 107 cm³/mol. The molecule has 0 atom stereocenters. The summed E-state index contributed by atoms with van der Waals surface area (Å²) in [5, 5.41) is 9.95. The second-order valence-corrected chi connectivity index (χ2v) is 7.36. The molecule has 7 heteroatoms. The Morgan fingerprint density at radius 2 is 1.59 bits per heavy atom. The van der Waals surface area contributed by atoms with Gasteiger partial charge in [0.15, 0.2) is 0 Å². The molecule has 2 amide bonds. The van der Waals surface area contributed by atoms with Crippen molar-refractivity contribution in [2.45, 2.75) is 12.8 Å². The van der Waals surface area contributed by atoms with Gasteiger partial charge in [-0.25, -0.2) is 4.68 Å². The summed E-state index contributed by atoms with van der Waals surface area (Å²) >= 11 is 3.39. The van der Waals surface area contributed by atoms with Crippen molar-refractivity contribution in [2.24, 2.45) is 5.92 Å². The van der Waals surface area contributed by atoms with E-state index in [1.54, 1.807) is 35.1 Å². The molecule has 0 bridgehead atoms. The Balaban J connectivity index is 1.40. The average molecular weight is 425 g/mol. The Morgan fingerprint density at radius 1 is 0.963 bits per heavy atom. The number of halogens is 1. The third-order valence-electron chi connectivity index (χ3n) is 4.29. The van der Waals surface area contributed by atoms with E-state index in [0.29, 0.717) is 11.3 Å². The first kappa shape index (κ1) is 17.5. The predicted octanol–water partition coefficient (Wildman–Crippen LogP) is 4.24. The number of rotatable bonds is 5. The van der Waals surface area contributed by atoms with Gasteiger partial charge in [0.1, 0.15) is 0 Å². The Labute approximate surface area is 164 Å². The van der Waals surface area contributed by atoms with Gasteiger partial charge in [0.2, 0.25) is 5.91 Å². The lowest BCUT2D eigenvalue weighted by Crippen LogP contribution is -2.14. The van der Waals surface area contributed by atoms with E-state index in [9.17, 15) is 9.59 Å². The largest absolute Gasteiger partial charge is 0.326 e. The third-order valence-corrected chi connectivity index (χ3v) is 4.82. The summed E-state index contributed by atoms with van der Waals surface area (Å²) in [4.78, 5) is 24.2. The van der Waals surface area contributed by atoms with Gasteiger partial charge in [-0.05, 0) is 61.4 Å². The second kappa shape index (κ2) is 7.36. The number of nitrogens with zero attached hydrogens (tertiary/aromatic N) is 2. The molecular formula is C20H17BrN4O2. The van der Waals surface area contributed by atoms with Gasteiger partial charge in [0.25, 0.3) is 5.91 Å². The summed E-state index contributed by atoms with van der Waals surface area (Å²) in [5.41, 5.74) is 2.71. The van der Waals surface area contributed by atoms with E-state index in [4.69, 9.17) is 0 Å². The maximum absolute atomic E-state index is 12.4. The maximum Gasteiger partial charge on any atom is 0.258 e. The minimum atomic E-state index is -0.242. The molecule has 1 heterocycles. The molecule has 0 spiro atoms. The highest BCUT2D eigenvalue weighted by Gasteiger charge is 2.29. The summed E-state index contributed by atoms with van der Waals surface area (Å²) < 4.78 is 2.63. The summed E-state index contributed by atoms with van der Waals surface area (Å²) in [6.07, 6.45) is 5.15. The first-order valence-corrected chi connectivity index (χ1v) is 9.41. The van der Waals surface area contributed by atoms with Crippen molar-refractivity contribution in [1.29, 1.82) is 0 Å². The lowest BCUT2D eigenvalue weighted by Gasteiger charge is -2.07. The molecule has 6 nitrogen and oxygen atoms in total. The van der Waals surface area contributed by atoms with Crippen molar-refractivity contribution >= 4 is 39.1 Å². The fourth-order valence-electron chi connectivity index (χ4n) is 2.61. The number of anilines is 2. The van der Waals surface area contributed by atoms with Crippen LogP contribution < -0.4 is 10.6 Å². The van der Waals surface area contributed by atoms with Crippen molar-refractivity contribution < 1.29 is 9.59 Å². The van der Waals surface area contributed by atoms with E-state index in [1.807, 2.05) is 24.3 Å². The molecule has 3 aromatic rings. The zero-order valence-corrected chi connectivity index (χ0v) is 15.9. The number of hydrogen-bond acceptors (Lipinski definition) is 3. The first-order chi connectivity index (χ1) is 13.1. The summed E-state index contributed by atoms with van der Waals surface area (Å²) in [6.45, 7) is 0. The highest BCUT2D eigenvalue weighted by atomic mass is 79.9. The standard InChI is InChI=1S/C20H17BrN4O2/c21-15-3-9-18(10-4-15)25-12-14(11-22-25)20(27)24-17-7-5-16(6-8-17)23-19(26)13-1-2-13/h3-13H,1-2H2,(H,23,26)(H,24,27). The van der Waals surface area contributed by atoms with Crippen LogP contribution in [0.3, 0.4) is 0 Å². The zero-order chi connectivity index (χ0) is 18.8. The van der Waals surface area contributed by atoms with E-state index >= 15 is 0 Å². The normalized spacial score (nSPS) is 13.2. The zero-order valence-electron chi connectivity index (χ0n) is 14.4. The maximum atomic E-state index is 12.4. The van der Waals surface area contributed by atoms with Crippen molar-refractivity contribution in [1.82, 2.24) is 9.78 Å². The van der Waals surface area contributed by atoms with Gasteiger partial charge in [-0.15, -0.1) is 0 Å². The number of carbonyl (C=O) groups is 2. The Hall–Kier alpha value is -2.93. The molecule has 1 aliphatic rings. The molecule has 2 N–H and O–H groups in total. The van der Waals surface area contributed by atoms with E-state index in [2.05, 4.69) is 31.7 Å². The number of aromatic nitrogens is 2. The smallest absolute Gasteiger partial charge is 0.258 e. The number of amides is 2. The molecule has 0 radical (unpaired) electrons. The van der Waals surface area contributed by atoms with Crippen LogP contribution in [0.25, 0.3) is 5.69 Å². The summed E-state index contributed by atoms with van der Waals surface area (Å²) in [6, 6.07) is 14.7. The highest BCUT2D eigenvalue weighted by Crippen LogP contribution is 2.30. The Kier molecular flexibility index (Phi) is 4.77. The fourth-order valence-corrected chi connectivity index (χ4v) is 2.87. The average Bonchev–Trinajstić information content (AvgIpc) is 3.41. The second-order valence-electron chi connectivity index (χ2n) is 6.44. The summed E-state index contributed by atoms with van der Waals surface area (Å²) in [7, 11) is 0. The van der Waals surface area contributed by atoms with E-state index in [-0.39, 0.29) is 17.7 Å². The highest BCUT2D eigenvalue weighted by molar-refractivity contribution is 9.10. The molecule has 0 aliphatic heterocycles. The van der Waals surface area contributed by atoms with Crippen LogP contribution in [0.4, 0.5) is 11.4 Å². The van der Waals surface area contributed by atoms with Gasteiger partial charge in [-0.1, -0.05) is 15.9 Å². The van der Waals surface area contributed by atoms with Crippen LogP contribution in [0.15, 0.2) is 65.4 Å². The van der Waals surface area contributed by atoms with Crippen molar-refractivity contribution in [2.75, 3.05) is 10.6 Å². The SMILES string of the molecule is O=C(Nc1ccc(NC(=O)C2CC2)cc1)c1cnn(-c2ccc(Br)cc2)c1. The van der Waals surface area contributed by atoms with E-state index < -0.39 is 0 Å². The van der Waals surface area contributed by atoms with Crippen LogP contribution >= 0.6 is 15.9 Å². The fraction of sp³-hybridized carbons (Fsp3) is 0.150. The number of hydrogen-bond donors (Lipinski definition) is 2. The molecule has 136 valence electrons. The minimum absolute atomic E-state index is 0.0622. The molecule has 0 unspecified atom stereocenters. The van der Waals surface area contributed by atoms with E-state index in [1.165, 1.54) is 6.20 Å². The van der Waals surface area contributed by atoms with Gasteiger partial charge >= 0.3 is 0 Å². The van der Waals surface area contributed by atoms with Crippen molar-refractivity contribution in [3.05, 3.63) is 71.0 Å². The molecule has 0 saturated heterocycles. The lowest BCUT2D eigenvalue weighted by molar-refractivity contribution is -0.117. The van der Waals surface area contributed by atoms with Crippen molar-refractivity contribution in [3.8, 4) is 5.69 Å². The number of benzene rings is 2. The molecule has 1 aliphatic carbocycles. The number of carbonyl (C=O) groups excluding carboxylic acids is 2. The van der Waals surface area contributed by atoms with Gasteiger partial charge in [0.05, 0.1) is 17.4 Å². The van der Waals surface area contributed by atoms with Crippen LogP contribution in [0.5, 0.6) is 0 Å². The van der Waals surface area contributed by atoms with Gasteiger partial charge in [-0.3, -0.25) is 9.59 Å². The van der Waals surface area contributed by atoms with Crippen LogP contribution in [-0.4, -0.2) is 21.6 Å². The van der Waals surface area contributed by atoms with Crippen LogP contribution in [0, 0.1) is 5.92 Å². The minimum Gasteiger partial charge on any atom is -0.326 e. The lowest BCUT2D eigenvalue weighted by atomic mass is 10.2. The third kappa shape index (κ3) is 4.25. The van der Waals surface area contributed by atoms with Crippen LogP contribution in [0.2, 0.25) is 0 Å². The van der Waals surface area contributed by atoms with Gasteiger partial charge in [-0.2, -0.15) is 5.10 Å². The molecule has 1 saturated carbocycles. The first-order valence-electron chi connectivity index (χ1n) is 8.61. The Morgan fingerprint density at radius 3 is 2.22 bits per heavy atom. The molecule has 2 aromatic carbocycles. The van der Waals surface area contributed by atoms with Gasteiger partial charge < -0.3 is 10.6 Å². The molecule has 1 aromatic heterocycles. The summed E-state index contributed by atoms with van der Waals surface area (Å²) in [5.74, 6) is -0.0214. The van der Waals surface area contributed by atoms with Gasteiger partial charge in [0, 0.05) is 28.0 Å². The molecule has 27 heavy (non-hydrogen) atoms. The topological polar surface area (TPSA) is 76.0 Å². The van der Waals surface area contributed by atoms with Crippen molar-refractivity contribution in [3.63, 3.8) is 0 Å². The molecular weight excluding hydrogens is 408 g/mol. The quantitative estimate of drug-likeness (QED) is 0.642. The Bertz CT molecular complexity index is 976. The van der Waals surface area contributed by atoms with Crippen LogP contribution in [0.1, 0.15) is 23.2 Å². The monoisotopic (exact) mass is 424 g/mol. The van der Waals surface area contributed by atoms with E-state index in [0.717, 1.165) is 28.7 Å².